The molecule has 0 aliphatic carbocycles. The van der Waals surface area contributed by atoms with E-state index >= 15 is 0 Å². The van der Waals surface area contributed by atoms with Gasteiger partial charge in [0.2, 0.25) is 6.79 Å². The Morgan fingerprint density at radius 2 is 1.73 bits per heavy atom. The van der Waals surface area contributed by atoms with E-state index in [0.29, 0.717) is 37.8 Å². The largest absolute Gasteiger partial charge is 0.489 e. The summed E-state index contributed by atoms with van der Waals surface area (Å²) in [6, 6.07) is 27.7. The summed E-state index contributed by atoms with van der Waals surface area (Å²) in [7, 11) is 0. The van der Waals surface area contributed by atoms with Crippen molar-refractivity contribution in [3.63, 3.8) is 0 Å². The minimum atomic E-state index is -0.981. The molecule has 4 aromatic carbocycles. The smallest absolute Gasteiger partial charge is 0.338 e. The fraction of sp³-hybridized carbons (Fsp3) is 0.135. The predicted molar refractivity (Wildman–Crippen MR) is 178 cm³/mol. The first-order valence-electron chi connectivity index (χ1n) is 15.1. The number of ether oxygens (including phenoxy) is 4. The molecule has 0 unspecified atom stereocenters. The molecule has 48 heavy (non-hydrogen) atoms. The number of carbonyl (C=O) groups is 2. The van der Waals surface area contributed by atoms with Crippen molar-refractivity contribution >= 4 is 35.0 Å². The normalized spacial score (nSPS) is 15.1. The van der Waals surface area contributed by atoms with Crippen LogP contribution in [0.3, 0.4) is 0 Å². The molecule has 1 atom stereocenters. The number of esters is 1. The highest BCUT2D eigenvalue weighted by Gasteiger charge is 2.36. The van der Waals surface area contributed by atoms with Crippen LogP contribution < -0.4 is 29.1 Å². The lowest BCUT2D eigenvalue weighted by Gasteiger charge is -2.26. The molecule has 0 saturated heterocycles. The molecule has 1 N–H and O–H groups in total. The van der Waals surface area contributed by atoms with E-state index < -0.39 is 18.0 Å². The number of aromatic carboxylic acids is 1. The number of hydrogen-bond donors (Lipinski definition) is 1. The van der Waals surface area contributed by atoms with Crippen LogP contribution in [-0.4, -0.2) is 35.0 Å². The highest BCUT2D eigenvalue weighted by Crippen LogP contribution is 2.40. The van der Waals surface area contributed by atoms with Crippen LogP contribution in [0.15, 0.2) is 112 Å². The van der Waals surface area contributed by atoms with Gasteiger partial charge < -0.3 is 24.1 Å². The molecule has 0 amide bonds. The summed E-state index contributed by atoms with van der Waals surface area (Å²) in [6.07, 6.45) is 1.78. The molecule has 2 aliphatic heterocycles. The molecule has 240 valence electrons. The Morgan fingerprint density at radius 1 is 0.979 bits per heavy atom. The number of rotatable bonds is 9. The number of aromatic nitrogens is 1. The number of nitrogens with zero attached hydrogens (tertiary/aromatic N) is 2. The maximum absolute atomic E-state index is 14.2. The van der Waals surface area contributed by atoms with Gasteiger partial charge in [-0.3, -0.25) is 9.36 Å². The number of carbonyl (C=O) groups excluding carboxylic acids is 1. The molecule has 2 aliphatic rings. The molecule has 0 saturated carbocycles. The third-order valence-electron chi connectivity index (χ3n) is 7.87. The molecule has 3 heterocycles. The summed E-state index contributed by atoms with van der Waals surface area (Å²) < 4.78 is 24.6. The standard InChI is InChI=1S/C37H28N2O8S/c1-2-44-36(43)31-32(24-6-4-3-5-7-24)38-37-39(33(31)26-14-17-28-29(19-26)47-21-46-28)34(40)30(48-37)18-22-10-15-27(16-11-22)45-20-23-8-12-25(13-9-23)35(41)42/h3-19,33H,2,20-21H2,1H3,(H,41,42)/b30-18+/t33-/m0/s1. The number of hydrogen-bond acceptors (Lipinski definition) is 9. The van der Waals surface area contributed by atoms with Crippen molar-refractivity contribution in [3.8, 4) is 17.2 Å². The first-order chi connectivity index (χ1) is 23.4. The molecule has 0 fully saturated rings. The molecule has 0 bridgehead atoms. The van der Waals surface area contributed by atoms with Gasteiger partial charge in [-0.2, -0.15) is 0 Å². The number of thiazole rings is 1. The van der Waals surface area contributed by atoms with E-state index in [9.17, 15) is 14.4 Å². The fourth-order valence-corrected chi connectivity index (χ4v) is 6.56. The first-order valence-corrected chi connectivity index (χ1v) is 15.9. The summed E-state index contributed by atoms with van der Waals surface area (Å²) in [5.41, 5.74) is 3.56. The number of fused-ring (bicyclic) bond motifs is 2. The van der Waals surface area contributed by atoms with Crippen LogP contribution in [0.2, 0.25) is 0 Å². The topological polar surface area (TPSA) is 126 Å². The lowest BCUT2D eigenvalue weighted by Crippen LogP contribution is -2.40. The molecule has 7 rings (SSSR count). The monoisotopic (exact) mass is 660 g/mol. The second-order valence-electron chi connectivity index (χ2n) is 10.9. The summed E-state index contributed by atoms with van der Waals surface area (Å²) >= 11 is 1.23. The molecular weight excluding hydrogens is 632 g/mol. The molecule has 10 nitrogen and oxygen atoms in total. The Balaban J connectivity index is 1.28. The SMILES string of the molecule is CCOC(=O)C1=C(c2ccccc2)N=c2s/c(=C/c3ccc(OCc4ccc(C(=O)O)cc4)cc3)c(=O)n2[C@H]1c1ccc2c(c1)OCO2. The van der Waals surface area contributed by atoms with Crippen LogP contribution in [0.1, 0.15) is 45.6 Å². The first kappa shape index (κ1) is 30.7. The Morgan fingerprint density at radius 3 is 2.46 bits per heavy atom. The maximum Gasteiger partial charge on any atom is 0.338 e. The summed E-state index contributed by atoms with van der Waals surface area (Å²) in [5.74, 6) is 0.177. The second kappa shape index (κ2) is 13.0. The van der Waals surface area contributed by atoms with Crippen molar-refractivity contribution in [1.82, 2.24) is 4.57 Å². The molecule has 0 spiro atoms. The van der Waals surface area contributed by atoms with Crippen molar-refractivity contribution in [1.29, 1.82) is 0 Å². The molecule has 0 radical (unpaired) electrons. The van der Waals surface area contributed by atoms with E-state index in [4.69, 9.17) is 29.0 Å². The lowest BCUT2D eigenvalue weighted by atomic mass is 9.93. The van der Waals surface area contributed by atoms with E-state index in [1.165, 1.54) is 23.5 Å². The lowest BCUT2D eigenvalue weighted by molar-refractivity contribution is -0.138. The van der Waals surface area contributed by atoms with Crippen molar-refractivity contribution in [3.05, 3.63) is 150 Å². The average molecular weight is 661 g/mol. The third-order valence-corrected chi connectivity index (χ3v) is 8.85. The van der Waals surface area contributed by atoms with Crippen LogP contribution in [0, 0.1) is 0 Å². The maximum atomic E-state index is 14.2. The van der Waals surface area contributed by atoms with Gasteiger partial charge in [0.15, 0.2) is 16.3 Å². The summed E-state index contributed by atoms with van der Waals surface area (Å²) in [6.45, 7) is 2.24. The zero-order valence-electron chi connectivity index (χ0n) is 25.6. The van der Waals surface area contributed by atoms with E-state index in [1.807, 2.05) is 48.5 Å². The van der Waals surface area contributed by atoms with Crippen molar-refractivity contribution in [2.75, 3.05) is 13.4 Å². The van der Waals surface area contributed by atoms with E-state index in [0.717, 1.165) is 16.7 Å². The van der Waals surface area contributed by atoms with E-state index in [-0.39, 0.29) is 36.7 Å². The van der Waals surface area contributed by atoms with Gasteiger partial charge in [-0.05, 0) is 66.1 Å². The predicted octanol–water partition coefficient (Wildman–Crippen LogP) is 4.94. The van der Waals surface area contributed by atoms with Gasteiger partial charge in [0.25, 0.3) is 5.56 Å². The highest BCUT2D eigenvalue weighted by atomic mass is 32.1. The van der Waals surface area contributed by atoms with Crippen LogP contribution >= 0.6 is 11.3 Å². The minimum Gasteiger partial charge on any atom is -0.489 e. The van der Waals surface area contributed by atoms with Crippen LogP contribution in [0.5, 0.6) is 17.2 Å². The quantitative estimate of drug-likeness (QED) is 0.221. The zero-order chi connectivity index (χ0) is 33.2. The van der Waals surface area contributed by atoms with Gasteiger partial charge in [0, 0.05) is 5.56 Å². The van der Waals surface area contributed by atoms with Gasteiger partial charge in [-0.15, -0.1) is 0 Å². The van der Waals surface area contributed by atoms with Gasteiger partial charge in [-0.25, -0.2) is 14.6 Å². The zero-order valence-corrected chi connectivity index (χ0v) is 26.4. The Labute approximate surface area is 278 Å². The molecule has 5 aromatic rings. The number of carboxylic acid groups (broad SMARTS) is 1. The van der Waals surface area contributed by atoms with Crippen LogP contribution in [0.4, 0.5) is 0 Å². The van der Waals surface area contributed by atoms with E-state index in [2.05, 4.69) is 0 Å². The minimum absolute atomic E-state index is 0.0844. The average Bonchev–Trinajstić information content (AvgIpc) is 3.71. The Kier molecular flexibility index (Phi) is 8.35. The molecule has 11 heteroatoms. The van der Waals surface area contributed by atoms with E-state index in [1.54, 1.807) is 54.0 Å². The van der Waals surface area contributed by atoms with Crippen molar-refractivity contribution in [2.24, 2.45) is 4.99 Å². The molecular formula is C37H28N2O8S. The fourth-order valence-electron chi connectivity index (χ4n) is 5.56. The molecule has 1 aromatic heterocycles. The van der Waals surface area contributed by atoms with Gasteiger partial charge in [0.05, 0.1) is 34.0 Å². The van der Waals surface area contributed by atoms with Crippen molar-refractivity contribution < 1.29 is 33.6 Å². The Hall–Kier alpha value is -5.94. The summed E-state index contributed by atoms with van der Waals surface area (Å²) in [4.78, 5) is 44.3. The van der Waals surface area contributed by atoms with Gasteiger partial charge >= 0.3 is 11.9 Å². The van der Waals surface area contributed by atoms with Crippen molar-refractivity contribution in [2.45, 2.75) is 19.6 Å². The van der Waals surface area contributed by atoms with Gasteiger partial charge in [0.1, 0.15) is 12.4 Å². The highest BCUT2D eigenvalue weighted by molar-refractivity contribution is 7.07. The Bertz CT molecular complexity index is 2240. The second-order valence-corrected chi connectivity index (χ2v) is 11.9. The number of carboxylic acids is 1. The third kappa shape index (κ3) is 5.98. The number of benzene rings is 4. The van der Waals surface area contributed by atoms with Crippen LogP contribution in [-0.2, 0) is 16.1 Å². The summed E-state index contributed by atoms with van der Waals surface area (Å²) in [5, 5.41) is 9.10. The van der Waals surface area contributed by atoms with Gasteiger partial charge in [-0.1, -0.05) is 72.0 Å². The van der Waals surface area contributed by atoms with Crippen LogP contribution in [0.25, 0.3) is 11.8 Å².